The number of nitrogens with zero attached hydrogens (tertiary/aromatic N) is 1. The number of benzene rings is 1. The van der Waals surface area contributed by atoms with Crippen LogP contribution in [0.2, 0.25) is 0 Å². The fourth-order valence-corrected chi connectivity index (χ4v) is 3.80. The van der Waals surface area contributed by atoms with Gasteiger partial charge in [0.1, 0.15) is 0 Å². The Morgan fingerprint density at radius 1 is 1.44 bits per heavy atom. The number of anilines is 1. The first-order valence-electron chi connectivity index (χ1n) is 5.36. The SMILES string of the molecule is CC1Cc2ccccc2N1S(=O)(=O)CCN. The van der Waals surface area contributed by atoms with E-state index in [1.165, 1.54) is 4.31 Å². The van der Waals surface area contributed by atoms with Gasteiger partial charge < -0.3 is 5.73 Å². The van der Waals surface area contributed by atoms with Crippen LogP contribution in [0.1, 0.15) is 12.5 Å². The third-order valence-electron chi connectivity index (χ3n) is 2.82. The van der Waals surface area contributed by atoms with Crippen molar-refractivity contribution in [1.29, 1.82) is 0 Å². The van der Waals surface area contributed by atoms with Gasteiger partial charge in [-0.25, -0.2) is 8.42 Å². The second-order valence-electron chi connectivity index (χ2n) is 4.08. The quantitative estimate of drug-likeness (QED) is 0.847. The third kappa shape index (κ3) is 1.81. The fraction of sp³-hybridized carbons (Fsp3) is 0.455. The molecule has 0 saturated heterocycles. The molecular weight excluding hydrogens is 224 g/mol. The lowest BCUT2D eigenvalue weighted by Gasteiger charge is -2.24. The van der Waals surface area contributed by atoms with E-state index in [1.807, 2.05) is 31.2 Å². The van der Waals surface area contributed by atoms with E-state index in [1.54, 1.807) is 0 Å². The van der Waals surface area contributed by atoms with Gasteiger partial charge in [0.2, 0.25) is 10.0 Å². The maximum Gasteiger partial charge on any atom is 0.236 e. The molecule has 5 heteroatoms. The highest BCUT2D eigenvalue weighted by molar-refractivity contribution is 7.92. The summed E-state index contributed by atoms with van der Waals surface area (Å²) in [4.78, 5) is 0. The Bertz CT molecular complexity index is 485. The Morgan fingerprint density at radius 2 is 2.12 bits per heavy atom. The Hall–Kier alpha value is -1.07. The van der Waals surface area contributed by atoms with Crippen LogP contribution >= 0.6 is 0 Å². The van der Waals surface area contributed by atoms with Gasteiger partial charge in [0.15, 0.2) is 0 Å². The van der Waals surface area contributed by atoms with Gasteiger partial charge in [-0.05, 0) is 25.0 Å². The van der Waals surface area contributed by atoms with Gasteiger partial charge in [0, 0.05) is 12.6 Å². The molecule has 0 fully saturated rings. The normalized spacial score (nSPS) is 19.9. The monoisotopic (exact) mass is 240 g/mol. The summed E-state index contributed by atoms with van der Waals surface area (Å²) >= 11 is 0. The molecule has 0 bridgehead atoms. The first-order valence-corrected chi connectivity index (χ1v) is 6.97. The highest BCUT2D eigenvalue weighted by Gasteiger charge is 2.33. The van der Waals surface area contributed by atoms with E-state index < -0.39 is 10.0 Å². The van der Waals surface area contributed by atoms with Crippen molar-refractivity contribution in [2.24, 2.45) is 5.73 Å². The Morgan fingerprint density at radius 3 is 2.81 bits per heavy atom. The maximum absolute atomic E-state index is 12.1. The van der Waals surface area contributed by atoms with Crippen molar-refractivity contribution in [3.05, 3.63) is 29.8 Å². The fourth-order valence-electron chi connectivity index (χ4n) is 2.21. The third-order valence-corrected chi connectivity index (χ3v) is 4.73. The zero-order valence-electron chi connectivity index (χ0n) is 9.26. The molecule has 0 aromatic heterocycles. The summed E-state index contributed by atoms with van der Waals surface area (Å²) < 4.78 is 25.6. The van der Waals surface area contributed by atoms with Gasteiger partial charge >= 0.3 is 0 Å². The molecule has 2 rings (SSSR count). The molecule has 1 heterocycles. The van der Waals surface area contributed by atoms with Crippen LogP contribution in [-0.4, -0.2) is 26.8 Å². The van der Waals surface area contributed by atoms with E-state index >= 15 is 0 Å². The second kappa shape index (κ2) is 4.07. The van der Waals surface area contributed by atoms with Crippen molar-refractivity contribution in [2.75, 3.05) is 16.6 Å². The molecule has 1 unspecified atom stereocenters. The van der Waals surface area contributed by atoms with Crippen LogP contribution in [0.5, 0.6) is 0 Å². The first-order chi connectivity index (χ1) is 7.56. The van der Waals surface area contributed by atoms with Crippen LogP contribution in [0, 0.1) is 0 Å². The number of hydrogen-bond acceptors (Lipinski definition) is 3. The zero-order valence-corrected chi connectivity index (χ0v) is 10.1. The van der Waals surface area contributed by atoms with Crippen LogP contribution in [0.4, 0.5) is 5.69 Å². The minimum Gasteiger partial charge on any atom is -0.329 e. The molecule has 0 spiro atoms. The Labute approximate surface area is 96.1 Å². The van der Waals surface area contributed by atoms with Crippen molar-refractivity contribution in [1.82, 2.24) is 0 Å². The van der Waals surface area contributed by atoms with Crippen LogP contribution < -0.4 is 10.0 Å². The van der Waals surface area contributed by atoms with Gasteiger partial charge in [-0.3, -0.25) is 4.31 Å². The standard InChI is InChI=1S/C11H16N2O2S/c1-9-8-10-4-2-3-5-11(10)13(9)16(14,15)7-6-12/h2-5,9H,6-8,12H2,1H3. The number of hydrogen-bond donors (Lipinski definition) is 1. The van der Waals surface area contributed by atoms with Gasteiger partial charge in [0.05, 0.1) is 11.4 Å². The van der Waals surface area contributed by atoms with Crippen molar-refractivity contribution in [3.8, 4) is 0 Å². The van der Waals surface area contributed by atoms with Crippen LogP contribution in [0.25, 0.3) is 0 Å². The van der Waals surface area contributed by atoms with Crippen LogP contribution in [0.3, 0.4) is 0 Å². The van der Waals surface area contributed by atoms with Gasteiger partial charge in [-0.2, -0.15) is 0 Å². The molecule has 4 nitrogen and oxygen atoms in total. The Balaban J connectivity index is 2.43. The predicted molar refractivity (Wildman–Crippen MR) is 64.9 cm³/mol. The highest BCUT2D eigenvalue weighted by Crippen LogP contribution is 2.33. The molecular formula is C11H16N2O2S. The average Bonchev–Trinajstić information content (AvgIpc) is 2.53. The Kier molecular flexibility index (Phi) is 2.90. The number of para-hydroxylation sites is 1. The summed E-state index contributed by atoms with van der Waals surface area (Å²) in [6.45, 7) is 2.09. The van der Waals surface area contributed by atoms with Gasteiger partial charge in [-0.15, -0.1) is 0 Å². The number of sulfonamides is 1. The summed E-state index contributed by atoms with van der Waals surface area (Å²) in [5.41, 5.74) is 7.24. The smallest absolute Gasteiger partial charge is 0.236 e. The lowest BCUT2D eigenvalue weighted by molar-refractivity contribution is 0.584. The second-order valence-corrected chi connectivity index (χ2v) is 6.05. The molecule has 1 atom stereocenters. The average molecular weight is 240 g/mol. The van der Waals surface area contributed by atoms with Crippen molar-refractivity contribution < 1.29 is 8.42 Å². The molecule has 0 radical (unpaired) electrons. The summed E-state index contributed by atoms with van der Waals surface area (Å²) in [7, 11) is -3.26. The van der Waals surface area contributed by atoms with E-state index in [4.69, 9.17) is 5.73 Å². The maximum atomic E-state index is 12.1. The molecule has 88 valence electrons. The van der Waals surface area contributed by atoms with Crippen LogP contribution in [0.15, 0.2) is 24.3 Å². The molecule has 0 amide bonds. The molecule has 0 aliphatic carbocycles. The molecule has 2 N–H and O–H groups in total. The number of nitrogens with two attached hydrogens (primary N) is 1. The predicted octanol–water partition coefficient (Wildman–Crippen LogP) is 0.726. The lowest BCUT2D eigenvalue weighted by Crippen LogP contribution is -2.39. The van der Waals surface area contributed by atoms with E-state index in [0.29, 0.717) is 0 Å². The minimum atomic E-state index is -3.26. The van der Waals surface area contributed by atoms with Crippen molar-refractivity contribution in [2.45, 2.75) is 19.4 Å². The largest absolute Gasteiger partial charge is 0.329 e. The van der Waals surface area contributed by atoms with E-state index in [-0.39, 0.29) is 18.3 Å². The first kappa shape index (κ1) is 11.4. The topological polar surface area (TPSA) is 63.4 Å². The lowest BCUT2D eigenvalue weighted by atomic mass is 10.1. The molecule has 1 aliphatic heterocycles. The van der Waals surface area contributed by atoms with Crippen LogP contribution in [-0.2, 0) is 16.4 Å². The summed E-state index contributed by atoms with van der Waals surface area (Å²) in [6.07, 6.45) is 0.778. The van der Waals surface area contributed by atoms with E-state index in [9.17, 15) is 8.42 Å². The van der Waals surface area contributed by atoms with Crippen molar-refractivity contribution in [3.63, 3.8) is 0 Å². The van der Waals surface area contributed by atoms with Crippen molar-refractivity contribution >= 4 is 15.7 Å². The molecule has 1 aliphatic rings. The molecule has 16 heavy (non-hydrogen) atoms. The minimum absolute atomic E-state index is 0.00560. The van der Waals surface area contributed by atoms with Gasteiger partial charge in [0.25, 0.3) is 0 Å². The van der Waals surface area contributed by atoms with E-state index in [0.717, 1.165) is 17.7 Å². The van der Waals surface area contributed by atoms with E-state index in [2.05, 4.69) is 0 Å². The molecule has 1 aromatic carbocycles. The number of rotatable bonds is 3. The number of fused-ring (bicyclic) bond motifs is 1. The highest BCUT2D eigenvalue weighted by atomic mass is 32.2. The molecule has 1 aromatic rings. The summed E-state index contributed by atoms with van der Waals surface area (Å²) in [6, 6.07) is 7.62. The summed E-state index contributed by atoms with van der Waals surface area (Å²) in [5, 5.41) is 0. The molecule has 0 saturated carbocycles. The van der Waals surface area contributed by atoms with Gasteiger partial charge in [-0.1, -0.05) is 18.2 Å². The zero-order chi connectivity index (χ0) is 11.8. The summed E-state index contributed by atoms with van der Waals surface area (Å²) in [5.74, 6) is 0.00563.